The summed E-state index contributed by atoms with van der Waals surface area (Å²) in [4.78, 5) is 26.9. The molecule has 2 heterocycles. The Hall–Kier alpha value is -2.63. The summed E-state index contributed by atoms with van der Waals surface area (Å²) in [5, 5.41) is 2.81. The Bertz CT molecular complexity index is 801. The number of aryl methyl sites for hydroxylation is 1. The Balaban J connectivity index is 1.89. The Kier molecular flexibility index (Phi) is 4.14. The van der Waals surface area contributed by atoms with Crippen LogP contribution in [0.15, 0.2) is 35.1 Å². The van der Waals surface area contributed by atoms with Gasteiger partial charge >= 0.3 is 0 Å². The Morgan fingerprint density at radius 1 is 1.35 bits per heavy atom. The van der Waals surface area contributed by atoms with Crippen LogP contribution in [0.2, 0.25) is 0 Å². The summed E-state index contributed by atoms with van der Waals surface area (Å²) in [6.07, 6.45) is 1.34. The highest BCUT2D eigenvalue weighted by atomic mass is 19.1. The first-order valence-electron chi connectivity index (χ1n) is 7.47. The van der Waals surface area contributed by atoms with E-state index in [2.05, 4.69) is 10.3 Å². The van der Waals surface area contributed by atoms with Gasteiger partial charge < -0.3 is 15.0 Å². The first kappa shape index (κ1) is 15.3. The predicted octanol–water partition coefficient (Wildman–Crippen LogP) is 2.47. The lowest BCUT2D eigenvalue weighted by Crippen LogP contribution is -2.32. The molecule has 1 aliphatic rings. The fraction of sp³-hybridized carbons (Fsp3) is 0.294. The molecule has 23 heavy (non-hydrogen) atoms. The Morgan fingerprint density at radius 2 is 2.17 bits per heavy atom. The standard InChI is InChI=1S/C17H17FN2O3/c1-10-4-6-12(16(21)19-10)17(22)20-14-3-2-8-23-15-7-5-11(18)9-13(14)15/h4-7,9,14H,2-3,8H2,1H3,(H,19,21)(H,20,22)/t14-/m0/s1. The summed E-state index contributed by atoms with van der Waals surface area (Å²) in [6.45, 7) is 2.25. The zero-order chi connectivity index (χ0) is 16.4. The highest BCUT2D eigenvalue weighted by Crippen LogP contribution is 2.32. The van der Waals surface area contributed by atoms with Crippen molar-refractivity contribution in [2.24, 2.45) is 0 Å². The number of H-pyrrole nitrogens is 1. The summed E-state index contributed by atoms with van der Waals surface area (Å²) in [7, 11) is 0. The van der Waals surface area contributed by atoms with Gasteiger partial charge in [-0.2, -0.15) is 0 Å². The highest BCUT2D eigenvalue weighted by Gasteiger charge is 2.23. The predicted molar refractivity (Wildman–Crippen MR) is 83.1 cm³/mol. The largest absolute Gasteiger partial charge is 0.493 e. The molecule has 0 saturated carbocycles. The molecule has 1 amide bonds. The van der Waals surface area contributed by atoms with Crippen molar-refractivity contribution in [3.05, 3.63) is 63.3 Å². The van der Waals surface area contributed by atoms with Crippen LogP contribution in [0.5, 0.6) is 5.75 Å². The molecule has 0 fully saturated rings. The first-order valence-corrected chi connectivity index (χ1v) is 7.47. The van der Waals surface area contributed by atoms with Crippen LogP contribution in [-0.2, 0) is 0 Å². The maximum Gasteiger partial charge on any atom is 0.260 e. The van der Waals surface area contributed by atoms with Crippen molar-refractivity contribution >= 4 is 5.91 Å². The van der Waals surface area contributed by atoms with Crippen LogP contribution in [0.3, 0.4) is 0 Å². The van der Waals surface area contributed by atoms with Crippen LogP contribution < -0.4 is 15.6 Å². The topological polar surface area (TPSA) is 71.2 Å². The monoisotopic (exact) mass is 316 g/mol. The summed E-state index contributed by atoms with van der Waals surface area (Å²) >= 11 is 0. The summed E-state index contributed by atoms with van der Waals surface area (Å²) in [6, 6.07) is 7.02. The number of carbonyl (C=O) groups excluding carboxylic acids is 1. The summed E-state index contributed by atoms with van der Waals surface area (Å²) in [5.74, 6) is -0.304. The quantitative estimate of drug-likeness (QED) is 0.894. The third kappa shape index (κ3) is 3.26. The maximum atomic E-state index is 13.5. The fourth-order valence-corrected chi connectivity index (χ4v) is 2.68. The molecule has 1 aromatic carbocycles. The van der Waals surface area contributed by atoms with Crippen molar-refractivity contribution in [1.29, 1.82) is 0 Å². The number of aromatic amines is 1. The van der Waals surface area contributed by atoms with E-state index in [9.17, 15) is 14.0 Å². The highest BCUT2D eigenvalue weighted by molar-refractivity contribution is 5.94. The normalized spacial score (nSPS) is 16.9. The number of nitrogens with one attached hydrogen (secondary N) is 2. The van der Waals surface area contributed by atoms with E-state index in [0.717, 1.165) is 6.42 Å². The Labute approximate surface area is 132 Å². The molecule has 5 nitrogen and oxygen atoms in total. The van der Waals surface area contributed by atoms with E-state index in [1.165, 1.54) is 18.2 Å². The van der Waals surface area contributed by atoms with Gasteiger partial charge in [-0.1, -0.05) is 0 Å². The van der Waals surface area contributed by atoms with Gasteiger partial charge in [0, 0.05) is 11.3 Å². The number of pyridine rings is 1. The molecule has 1 aromatic heterocycles. The minimum absolute atomic E-state index is 0.0405. The van der Waals surface area contributed by atoms with E-state index < -0.39 is 17.5 Å². The van der Waals surface area contributed by atoms with Gasteiger partial charge in [0.25, 0.3) is 11.5 Å². The van der Waals surface area contributed by atoms with E-state index in [1.807, 2.05) is 0 Å². The van der Waals surface area contributed by atoms with Crippen LogP contribution in [-0.4, -0.2) is 17.5 Å². The Morgan fingerprint density at radius 3 is 2.96 bits per heavy atom. The molecular formula is C17H17FN2O3. The molecule has 0 saturated heterocycles. The van der Waals surface area contributed by atoms with E-state index in [4.69, 9.17) is 4.74 Å². The van der Waals surface area contributed by atoms with Gasteiger partial charge in [0.2, 0.25) is 0 Å². The number of rotatable bonds is 2. The molecule has 120 valence electrons. The minimum atomic E-state index is -0.478. The van der Waals surface area contributed by atoms with Crippen LogP contribution in [0.1, 0.15) is 40.5 Å². The van der Waals surface area contributed by atoms with Crippen molar-refractivity contribution in [2.75, 3.05) is 6.61 Å². The van der Waals surface area contributed by atoms with Gasteiger partial charge in [0.15, 0.2) is 0 Å². The third-order valence-corrected chi connectivity index (χ3v) is 3.85. The van der Waals surface area contributed by atoms with E-state index in [0.29, 0.717) is 30.0 Å². The first-order chi connectivity index (χ1) is 11.0. The van der Waals surface area contributed by atoms with Crippen molar-refractivity contribution < 1.29 is 13.9 Å². The summed E-state index contributed by atoms with van der Waals surface area (Å²) < 4.78 is 19.1. The lowest BCUT2D eigenvalue weighted by molar-refractivity contribution is 0.0933. The molecule has 1 aliphatic heterocycles. The smallest absolute Gasteiger partial charge is 0.260 e. The van der Waals surface area contributed by atoms with Gasteiger partial charge in [0.1, 0.15) is 17.1 Å². The van der Waals surface area contributed by atoms with E-state index >= 15 is 0 Å². The van der Waals surface area contributed by atoms with Crippen LogP contribution in [0.25, 0.3) is 0 Å². The van der Waals surface area contributed by atoms with Crippen LogP contribution in [0.4, 0.5) is 4.39 Å². The number of fused-ring (bicyclic) bond motifs is 1. The van der Waals surface area contributed by atoms with Crippen molar-refractivity contribution in [2.45, 2.75) is 25.8 Å². The average molecular weight is 316 g/mol. The number of aromatic nitrogens is 1. The van der Waals surface area contributed by atoms with Gasteiger partial charge in [-0.05, 0) is 50.1 Å². The average Bonchev–Trinajstić information content (AvgIpc) is 2.69. The number of hydrogen-bond donors (Lipinski definition) is 2. The molecule has 1 atom stereocenters. The molecule has 0 spiro atoms. The molecule has 0 radical (unpaired) electrons. The number of halogens is 1. The molecule has 0 bridgehead atoms. The number of amides is 1. The second-order valence-corrected chi connectivity index (χ2v) is 5.58. The zero-order valence-corrected chi connectivity index (χ0v) is 12.7. The lowest BCUT2D eigenvalue weighted by Gasteiger charge is -2.18. The molecule has 6 heteroatoms. The molecule has 2 N–H and O–H groups in total. The van der Waals surface area contributed by atoms with Crippen LogP contribution in [0, 0.1) is 12.7 Å². The van der Waals surface area contributed by atoms with Crippen molar-refractivity contribution in [3.63, 3.8) is 0 Å². The molecule has 3 rings (SSSR count). The second kappa shape index (κ2) is 6.24. The maximum absolute atomic E-state index is 13.5. The summed E-state index contributed by atoms with van der Waals surface area (Å²) in [5.41, 5.74) is 0.881. The number of carbonyl (C=O) groups is 1. The van der Waals surface area contributed by atoms with E-state index in [-0.39, 0.29) is 11.4 Å². The van der Waals surface area contributed by atoms with Gasteiger partial charge in [0.05, 0.1) is 12.6 Å². The third-order valence-electron chi connectivity index (χ3n) is 3.85. The SMILES string of the molecule is Cc1ccc(C(=O)N[C@H]2CCCOc3ccc(F)cc32)c(=O)[nH]1. The van der Waals surface area contributed by atoms with Crippen molar-refractivity contribution in [3.8, 4) is 5.75 Å². The number of hydrogen-bond acceptors (Lipinski definition) is 3. The van der Waals surface area contributed by atoms with Crippen molar-refractivity contribution in [1.82, 2.24) is 10.3 Å². The van der Waals surface area contributed by atoms with Gasteiger partial charge in [-0.25, -0.2) is 4.39 Å². The number of ether oxygens (including phenoxy) is 1. The van der Waals surface area contributed by atoms with Crippen LogP contribution >= 0.6 is 0 Å². The fourth-order valence-electron chi connectivity index (χ4n) is 2.68. The molecule has 0 aliphatic carbocycles. The molecule has 2 aromatic rings. The lowest BCUT2D eigenvalue weighted by atomic mass is 10.0. The van der Waals surface area contributed by atoms with Gasteiger partial charge in [-0.15, -0.1) is 0 Å². The zero-order valence-electron chi connectivity index (χ0n) is 12.7. The minimum Gasteiger partial charge on any atom is -0.493 e. The van der Waals surface area contributed by atoms with E-state index in [1.54, 1.807) is 19.1 Å². The number of benzene rings is 1. The molecule has 0 unspecified atom stereocenters. The molecular weight excluding hydrogens is 299 g/mol. The second-order valence-electron chi connectivity index (χ2n) is 5.58. The van der Waals surface area contributed by atoms with Gasteiger partial charge in [-0.3, -0.25) is 9.59 Å².